The van der Waals surface area contributed by atoms with Crippen molar-refractivity contribution in [2.24, 2.45) is 11.8 Å². The Morgan fingerprint density at radius 1 is 1.50 bits per heavy atom. The molecular weight excluding hydrogens is 202 g/mol. The van der Waals surface area contributed by atoms with Crippen molar-refractivity contribution < 1.29 is 4.79 Å². The third kappa shape index (κ3) is 3.19. The summed E-state index contributed by atoms with van der Waals surface area (Å²) in [5.74, 6) is 1.11. The van der Waals surface area contributed by atoms with Crippen LogP contribution in [0.2, 0.25) is 0 Å². The topological polar surface area (TPSA) is 44.4 Å². The van der Waals surface area contributed by atoms with Crippen LogP contribution in [0.25, 0.3) is 0 Å². The Hall–Kier alpha value is -0.610. The van der Waals surface area contributed by atoms with Crippen molar-refractivity contribution in [1.82, 2.24) is 15.5 Å². The number of piperidine rings is 1. The van der Waals surface area contributed by atoms with Crippen LogP contribution >= 0.6 is 0 Å². The summed E-state index contributed by atoms with van der Waals surface area (Å²) < 4.78 is 0. The number of nitrogens with zero attached hydrogens (tertiary/aromatic N) is 1. The van der Waals surface area contributed by atoms with Gasteiger partial charge in [-0.05, 0) is 45.3 Å². The summed E-state index contributed by atoms with van der Waals surface area (Å²) in [5.41, 5.74) is 0. The molecule has 1 amide bonds. The van der Waals surface area contributed by atoms with Gasteiger partial charge in [-0.15, -0.1) is 0 Å². The van der Waals surface area contributed by atoms with Gasteiger partial charge in [0, 0.05) is 19.6 Å². The highest BCUT2D eigenvalue weighted by Gasteiger charge is 2.23. The maximum atomic E-state index is 11.9. The Balaban J connectivity index is 1.66. The molecule has 0 aliphatic carbocycles. The van der Waals surface area contributed by atoms with Gasteiger partial charge in [0.15, 0.2) is 0 Å². The molecule has 0 aromatic carbocycles. The van der Waals surface area contributed by atoms with E-state index in [2.05, 4.69) is 22.6 Å². The lowest BCUT2D eigenvalue weighted by Crippen LogP contribution is -2.42. The molecule has 2 aliphatic rings. The Labute approximate surface area is 97.8 Å². The smallest absolute Gasteiger partial charge is 0.224 e. The molecule has 2 atom stereocenters. The molecule has 2 unspecified atom stereocenters. The van der Waals surface area contributed by atoms with E-state index in [-0.39, 0.29) is 11.8 Å². The number of carbonyl (C=O) groups excluding carboxylic acids is 1. The highest BCUT2D eigenvalue weighted by atomic mass is 16.1. The quantitative estimate of drug-likeness (QED) is 0.713. The predicted molar refractivity (Wildman–Crippen MR) is 64.2 cm³/mol. The van der Waals surface area contributed by atoms with Gasteiger partial charge < -0.3 is 15.5 Å². The number of nitrogens with one attached hydrogen (secondary N) is 2. The van der Waals surface area contributed by atoms with Crippen molar-refractivity contribution in [3.63, 3.8) is 0 Å². The molecule has 2 aliphatic heterocycles. The minimum atomic E-state index is 0.202. The molecule has 4 nitrogen and oxygen atoms in total. The number of amides is 1. The second-order valence-corrected chi connectivity index (χ2v) is 5.21. The second-order valence-electron chi connectivity index (χ2n) is 5.21. The van der Waals surface area contributed by atoms with Gasteiger partial charge in [0.25, 0.3) is 0 Å². The van der Waals surface area contributed by atoms with Crippen LogP contribution in [0.15, 0.2) is 0 Å². The Morgan fingerprint density at radius 3 is 3.00 bits per heavy atom. The van der Waals surface area contributed by atoms with Gasteiger partial charge >= 0.3 is 0 Å². The summed E-state index contributed by atoms with van der Waals surface area (Å²) in [6, 6.07) is 0. The van der Waals surface area contributed by atoms with Crippen LogP contribution in [0.1, 0.15) is 19.3 Å². The lowest BCUT2D eigenvalue weighted by molar-refractivity contribution is -0.125. The van der Waals surface area contributed by atoms with Crippen LogP contribution in [-0.2, 0) is 4.79 Å². The zero-order valence-electron chi connectivity index (χ0n) is 10.2. The van der Waals surface area contributed by atoms with E-state index in [0.717, 1.165) is 39.0 Å². The molecule has 2 saturated heterocycles. The van der Waals surface area contributed by atoms with Crippen molar-refractivity contribution in [2.75, 3.05) is 39.8 Å². The van der Waals surface area contributed by atoms with E-state index in [4.69, 9.17) is 0 Å². The molecule has 0 bridgehead atoms. The highest BCUT2D eigenvalue weighted by molar-refractivity contribution is 5.78. The van der Waals surface area contributed by atoms with Gasteiger partial charge in [-0.1, -0.05) is 0 Å². The van der Waals surface area contributed by atoms with E-state index >= 15 is 0 Å². The summed E-state index contributed by atoms with van der Waals surface area (Å²) in [6.45, 7) is 5.09. The fraction of sp³-hybridized carbons (Fsp3) is 0.917. The van der Waals surface area contributed by atoms with Gasteiger partial charge in [0.2, 0.25) is 5.91 Å². The van der Waals surface area contributed by atoms with Crippen molar-refractivity contribution in [3.8, 4) is 0 Å². The Kier molecular flexibility index (Phi) is 4.18. The fourth-order valence-electron chi connectivity index (χ4n) is 2.66. The van der Waals surface area contributed by atoms with Crippen molar-refractivity contribution in [2.45, 2.75) is 19.3 Å². The zero-order chi connectivity index (χ0) is 11.4. The Bertz CT molecular complexity index is 238. The summed E-state index contributed by atoms with van der Waals surface area (Å²) in [6.07, 6.45) is 3.40. The molecule has 2 rings (SSSR count). The minimum absolute atomic E-state index is 0.202. The molecule has 0 aromatic rings. The van der Waals surface area contributed by atoms with Gasteiger partial charge in [-0.3, -0.25) is 4.79 Å². The maximum Gasteiger partial charge on any atom is 0.224 e. The van der Waals surface area contributed by atoms with Crippen molar-refractivity contribution >= 4 is 5.91 Å². The van der Waals surface area contributed by atoms with Crippen LogP contribution in [0.4, 0.5) is 0 Å². The number of likely N-dealkylation sites (tertiary alicyclic amines) is 1. The van der Waals surface area contributed by atoms with E-state index in [9.17, 15) is 4.79 Å². The molecule has 2 heterocycles. The molecule has 4 heteroatoms. The number of rotatable bonds is 3. The highest BCUT2D eigenvalue weighted by Crippen LogP contribution is 2.14. The van der Waals surface area contributed by atoms with Crippen LogP contribution in [0.3, 0.4) is 0 Å². The largest absolute Gasteiger partial charge is 0.355 e. The monoisotopic (exact) mass is 225 g/mol. The summed E-state index contributed by atoms with van der Waals surface area (Å²) >= 11 is 0. The van der Waals surface area contributed by atoms with E-state index in [1.807, 2.05) is 0 Å². The molecule has 92 valence electrons. The molecule has 0 saturated carbocycles. The van der Waals surface area contributed by atoms with E-state index in [1.54, 1.807) is 0 Å². The zero-order valence-corrected chi connectivity index (χ0v) is 10.2. The third-order valence-corrected chi connectivity index (χ3v) is 3.72. The van der Waals surface area contributed by atoms with E-state index in [1.165, 1.54) is 13.0 Å². The molecule has 0 aromatic heterocycles. The van der Waals surface area contributed by atoms with Crippen molar-refractivity contribution in [1.29, 1.82) is 0 Å². The van der Waals surface area contributed by atoms with Crippen LogP contribution < -0.4 is 10.6 Å². The van der Waals surface area contributed by atoms with E-state index in [0.29, 0.717) is 5.92 Å². The van der Waals surface area contributed by atoms with Gasteiger partial charge in [-0.2, -0.15) is 0 Å². The summed E-state index contributed by atoms with van der Waals surface area (Å²) in [5, 5.41) is 6.39. The Morgan fingerprint density at radius 2 is 2.38 bits per heavy atom. The van der Waals surface area contributed by atoms with Crippen LogP contribution in [-0.4, -0.2) is 50.6 Å². The lowest BCUT2D eigenvalue weighted by atomic mass is 9.98. The van der Waals surface area contributed by atoms with Crippen molar-refractivity contribution in [3.05, 3.63) is 0 Å². The van der Waals surface area contributed by atoms with Gasteiger partial charge in [0.05, 0.1) is 5.92 Å². The normalized spacial score (nSPS) is 31.6. The van der Waals surface area contributed by atoms with Gasteiger partial charge in [0.1, 0.15) is 0 Å². The number of carbonyl (C=O) groups is 1. The first-order chi connectivity index (χ1) is 7.75. The molecular formula is C12H23N3O. The number of hydrogen-bond donors (Lipinski definition) is 2. The van der Waals surface area contributed by atoms with Gasteiger partial charge in [-0.25, -0.2) is 0 Å². The molecule has 0 radical (unpaired) electrons. The first-order valence-corrected chi connectivity index (χ1v) is 6.42. The molecule has 2 N–H and O–H groups in total. The average Bonchev–Trinajstić information content (AvgIpc) is 2.73. The predicted octanol–water partition coefficient (Wildman–Crippen LogP) is 0.0539. The average molecular weight is 225 g/mol. The lowest BCUT2D eigenvalue weighted by Gasteiger charge is -2.22. The first kappa shape index (κ1) is 11.9. The summed E-state index contributed by atoms with van der Waals surface area (Å²) in [7, 11) is 2.15. The standard InChI is InChI=1S/C12H23N3O/c1-15-6-4-10(9-15)7-14-12(16)11-3-2-5-13-8-11/h10-11,13H,2-9H2,1H3,(H,14,16). The molecule has 0 spiro atoms. The summed E-state index contributed by atoms with van der Waals surface area (Å²) in [4.78, 5) is 14.2. The second kappa shape index (κ2) is 5.64. The first-order valence-electron chi connectivity index (χ1n) is 6.42. The minimum Gasteiger partial charge on any atom is -0.355 e. The van der Waals surface area contributed by atoms with E-state index < -0.39 is 0 Å². The third-order valence-electron chi connectivity index (χ3n) is 3.72. The van der Waals surface area contributed by atoms with Crippen LogP contribution in [0.5, 0.6) is 0 Å². The van der Waals surface area contributed by atoms with Crippen LogP contribution in [0, 0.1) is 11.8 Å². The number of hydrogen-bond acceptors (Lipinski definition) is 3. The SMILES string of the molecule is CN1CCC(CNC(=O)C2CCCNC2)C1. The maximum absolute atomic E-state index is 11.9. The molecule has 16 heavy (non-hydrogen) atoms. The fourth-order valence-corrected chi connectivity index (χ4v) is 2.66. The molecule has 2 fully saturated rings.